The Balaban J connectivity index is 2.07. The lowest BCUT2D eigenvalue weighted by Gasteiger charge is -2.03. The molecule has 0 spiro atoms. The number of nitrogens with two attached hydrogens (primary N) is 1. The van der Waals surface area contributed by atoms with E-state index in [1.807, 2.05) is 28.9 Å². The Bertz CT molecular complexity index is 500. The lowest BCUT2D eigenvalue weighted by atomic mass is 10.2. The number of fused-ring (bicyclic) bond motifs is 1. The van der Waals surface area contributed by atoms with Crippen LogP contribution in [0.25, 0.3) is 5.65 Å². The van der Waals surface area contributed by atoms with Crippen LogP contribution in [-0.2, 0) is 11.3 Å². The number of hydrogen-bond acceptors (Lipinski definition) is 3. The third kappa shape index (κ3) is 1.50. The minimum atomic E-state index is 0.172. The first-order valence-corrected chi connectivity index (χ1v) is 5.66. The molecule has 0 saturated carbocycles. The van der Waals surface area contributed by atoms with Gasteiger partial charge in [0.05, 0.1) is 5.69 Å². The third-order valence-corrected chi connectivity index (χ3v) is 3.06. The Hall–Kier alpha value is -1.39. The molecule has 4 nitrogen and oxygen atoms in total. The van der Waals surface area contributed by atoms with Crippen molar-refractivity contribution in [2.75, 3.05) is 6.61 Å². The van der Waals surface area contributed by atoms with Gasteiger partial charge in [-0.2, -0.15) is 0 Å². The highest BCUT2D eigenvalue weighted by atomic mass is 16.5. The van der Waals surface area contributed by atoms with Gasteiger partial charge in [-0.15, -0.1) is 0 Å². The molecular weight excluding hydrogens is 202 g/mol. The minimum absolute atomic E-state index is 0.172. The van der Waals surface area contributed by atoms with Crippen LogP contribution in [0, 0.1) is 0 Å². The monoisotopic (exact) mass is 217 g/mol. The molecule has 84 valence electrons. The number of pyridine rings is 1. The smallest absolute Gasteiger partial charge is 0.141 e. The van der Waals surface area contributed by atoms with Crippen molar-refractivity contribution in [3.63, 3.8) is 0 Å². The zero-order valence-electron chi connectivity index (χ0n) is 9.10. The maximum Gasteiger partial charge on any atom is 0.141 e. The van der Waals surface area contributed by atoms with Gasteiger partial charge in [-0.3, -0.25) is 0 Å². The van der Waals surface area contributed by atoms with Gasteiger partial charge in [0.15, 0.2) is 0 Å². The highest BCUT2D eigenvalue weighted by molar-refractivity contribution is 5.49. The molecule has 0 radical (unpaired) electrons. The summed E-state index contributed by atoms with van der Waals surface area (Å²) in [5, 5.41) is 0. The summed E-state index contributed by atoms with van der Waals surface area (Å²) >= 11 is 0. The van der Waals surface area contributed by atoms with Crippen LogP contribution in [0.1, 0.15) is 30.2 Å². The predicted molar refractivity (Wildman–Crippen MR) is 61.0 cm³/mol. The number of imidazole rings is 1. The van der Waals surface area contributed by atoms with Crippen LogP contribution in [0.15, 0.2) is 24.5 Å². The minimum Gasteiger partial charge on any atom is -0.372 e. The van der Waals surface area contributed by atoms with E-state index in [-0.39, 0.29) is 6.10 Å². The van der Waals surface area contributed by atoms with Gasteiger partial charge in [0.25, 0.3) is 0 Å². The maximum absolute atomic E-state index is 5.69. The molecule has 1 atom stereocenters. The molecule has 2 N–H and O–H groups in total. The van der Waals surface area contributed by atoms with E-state index >= 15 is 0 Å². The second-order valence-electron chi connectivity index (χ2n) is 4.14. The van der Waals surface area contributed by atoms with Crippen LogP contribution in [0.5, 0.6) is 0 Å². The van der Waals surface area contributed by atoms with Crippen molar-refractivity contribution < 1.29 is 4.74 Å². The fourth-order valence-electron chi connectivity index (χ4n) is 2.22. The van der Waals surface area contributed by atoms with Crippen LogP contribution in [0.4, 0.5) is 0 Å². The summed E-state index contributed by atoms with van der Waals surface area (Å²) in [7, 11) is 0. The van der Waals surface area contributed by atoms with Crippen molar-refractivity contribution in [3.05, 3.63) is 35.8 Å². The molecule has 0 bridgehead atoms. The Morgan fingerprint density at radius 1 is 1.56 bits per heavy atom. The maximum atomic E-state index is 5.69. The summed E-state index contributed by atoms with van der Waals surface area (Å²) in [5.74, 6) is 0. The van der Waals surface area contributed by atoms with Crippen molar-refractivity contribution >= 4 is 5.65 Å². The molecule has 3 heterocycles. The molecular formula is C12H15N3O. The fourth-order valence-corrected chi connectivity index (χ4v) is 2.22. The van der Waals surface area contributed by atoms with Crippen LogP contribution >= 0.6 is 0 Å². The molecule has 4 heteroatoms. The highest BCUT2D eigenvalue weighted by Crippen LogP contribution is 2.28. The normalized spacial score (nSPS) is 20.7. The summed E-state index contributed by atoms with van der Waals surface area (Å²) in [6.07, 6.45) is 6.42. The zero-order valence-corrected chi connectivity index (χ0v) is 9.10. The van der Waals surface area contributed by atoms with E-state index < -0.39 is 0 Å². The van der Waals surface area contributed by atoms with Gasteiger partial charge >= 0.3 is 0 Å². The van der Waals surface area contributed by atoms with E-state index in [0.717, 1.165) is 36.4 Å². The molecule has 2 aromatic rings. The summed E-state index contributed by atoms with van der Waals surface area (Å²) in [4.78, 5) is 4.62. The number of aromatic nitrogens is 2. The lowest BCUT2D eigenvalue weighted by molar-refractivity contribution is 0.109. The first-order chi connectivity index (χ1) is 7.88. The van der Waals surface area contributed by atoms with Crippen LogP contribution < -0.4 is 5.73 Å². The van der Waals surface area contributed by atoms with Crippen molar-refractivity contribution in [2.24, 2.45) is 5.73 Å². The van der Waals surface area contributed by atoms with E-state index in [4.69, 9.17) is 10.5 Å². The number of hydrogen-bond donors (Lipinski definition) is 1. The molecule has 1 aliphatic heterocycles. The van der Waals surface area contributed by atoms with Gasteiger partial charge < -0.3 is 14.9 Å². The van der Waals surface area contributed by atoms with E-state index in [1.54, 1.807) is 0 Å². The summed E-state index contributed by atoms with van der Waals surface area (Å²) in [5.41, 5.74) is 8.75. The topological polar surface area (TPSA) is 52.5 Å². The average molecular weight is 217 g/mol. The van der Waals surface area contributed by atoms with Gasteiger partial charge in [0.1, 0.15) is 11.8 Å². The van der Waals surface area contributed by atoms with Crippen LogP contribution in [0.2, 0.25) is 0 Å². The first-order valence-electron chi connectivity index (χ1n) is 5.66. The van der Waals surface area contributed by atoms with Gasteiger partial charge in [0.2, 0.25) is 0 Å². The Labute approximate surface area is 94.0 Å². The molecule has 3 rings (SSSR count). The van der Waals surface area contributed by atoms with E-state index in [2.05, 4.69) is 4.98 Å². The molecule has 16 heavy (non-hydrogen) atoms. The lowest BCUT2D eigenvalue weighted by Crippen LogP contribution is -1.99. The number of rotatable bonds is 2. The quantitative estimate of drug-likeness (QED) is 0.832. The summed E-state index contributed by atoms with van der Waals surface area (Å²) in [6.45, 7) is 1.37. The average Bonchev–Trinajstić information content (AvgIpc) is 2.96. The zero-order chi connectivity index (χ0) is 11.0. The largest absolute Gasteiger partial charge is 0.372 e. The molecule has 0 amide bonds. The van der Waals surface area contributed by atoms with Crippen molar-refractivity contribution in [1.82, 2.24) is 9.38 Å². The van der Waals surface area contributed by atoms with Crippen molar-refractivity contribution in [1.29, 1.82) is 0 Å². The predicted octanol–water partition coefficient (Wildman–Crippen LogP) is 1.64. The SMILES string of the molecule is NCc1cccn2cc(C3CCCO3)nc12. The molecule has 0 aliphatic carbocycles. The molecule has 1 fully saturated rings. The second-order valence-corrected chi connectivity index (χ2v) is 4.14. The molecule has 1 saturated heterocycles. The molecule has 1 unspecified atom stereocenters. The Morgan fingerprint density at radius 2 is 2.50 bits per heavy atom. The van der Waals surface area contributed by atoms with E-state index in [1.165, 1.54) is 0 Å². The molecule has 0 aromatic carbocycles. The first kappa shape index (κ1) is 9.81. The molecule has 1 aliphatic rings. The van der Waals surface area contributed by atoms with Crippen LogP contribution in [-0.4, -0.2) is 16.0 Å². The van der Waals surface area contributed by atoms with Crippen molar-refractivity contribution in [3.8, 4) is 0 Å². The second kappa shape index (κ2) is 3.88. The van der Waals surface area contributed by atoms with Gasteiger partial charge in [-0.25, -0.2) is 4.98 Å². The standard InChI is InChI=1S/C12H15N3O/c13-7-9-3-1-5-15-8-10(14-12(9)15)11-4-2-6-16-11/h1,3,5,8,11H,2,4,6-7,13H2. The molecule has 2 aromatic heterocycles. The highest BCUT2D eigenvalue weighted by Gasteiger charge is 2.20. The van der Waals surface area contributed by atoms with Crippen molar-refractivity contribution in [2.45, 2.75) is 25.5 Å². The summed E-state index contributed by atoms with van der Waals surface area (Å²) < 4.78 is 7.66. The fraction of sp³-hybridized carbons (Fsp3) is 0.417. The Morgan fingerprint density at radius 3 is 3.25 bits per heavy atom. The van der Waals surface area contributed by atoms with Gasteiger partial charge in [-0.05, 0) is 18.9 Å². The Kier molecular flexibility index (Phi) is 2.38. The van der Waals surface area contributed by atoms with Crippen LogP contribution in [0.3, 0.4) is 0 Å². The number of nitrogens with zero attached hydrogens (tertiary/aromatic N) is 2. The number of ether oxygens (including phenoxy) is 1. The van der Waals surface area contributed by atoms with E-state index in [9.17, 15) is 0 Å². The summed E-state index contributed by atoms with van der Waals surface area (Å²) in [6, 6.07) is 4.01. The van der Waals surface area contributed by atoms with Gasteiger partial charge in [0, 0.05) is 31.1 Å². The van der Waals surface area contributed by atoms with E-state index in [0.29, 0.717) is 6.54 Å². The van der Waals surface area contributed by atoms with Gasteiger partial charge in [-0.1, -0.05) is 6.07 Å². The third-order valence-electron chi connectivity index (χ3n) is 3.06.